The van der Waals surface area contributed by atoms with Crippen molar-refractivity contribution in [1.29, 1.82) is 0 Å². The van der Waals surface area contributed by atoms with E-state index in [1.165, 1.54) is 29.1 Å². The largest absolute Gasteiger partial charge is 0.495 e. The first kappa shape index (κ1) is 24.2. The molecule has 4 rings (SSSR count). The summed E-state index contributed by atoms with van der Waals surface area (Å²) in [5.74, 6) is -0.0638. The molecule has 2 amide bonds. The van der Waals surface area contributed by atoms with Gasteiger partial charge in [0.2, 0.25) is 10.0 Å². The van der Waals surface area contributed by atoms with Crippen LogP contribution in [0.15, 0.2) is 47.4 Å². The summed E-state index contributed by atoms with van der Waals surface area (Å²) in [6.07, 6.45) is 2.57. The minimum absolute atomic E-state index is 0.0205. The van der Waals surface area contributed by atoms with Crippen LogP contribution in [0.25, 0.3) is 0 Å². The molecule has 34 heavy (non-hydrogen) atoms. The van der Waals surface area contributed by atoms with Gasteiger partial charge in [0.05, 0.1) is 7.11 Å². The quantitative estimate of drug-likeness (QED) is 0.628. The molecule has 0 atom stereocenters. The van der Waals surface area contributed by atoms with E-state index in [4.69, 9.17) is 4.74 Å². The number of piperazine rings is 1. The Morgan fingerprint density at radius 1 is 0.824 bits per heavy atom. The lowest BCUT2D eigenvalue weighted by Crippen LogP contribution is -2.50. The highest BCUT2D eigenvalue weighted by Crippen LogP contribution is 2.30. The maximum Gasteiger partial charge on any atom is 0.254 e. The average Bonchev–Trinajstić information content (AvgIpc) is 3.44. The van der Waals surface area contributed by atoms with Crippen molar-refractivity contribution in [3.63, 3.8) is 0 Å². The number of aryl methyl sites for hydroxylation is 1. The molecule has 0 bridgehead atoms. The third-order valence-corrected chi connectivity index (χ3v) is 8.48. The number of hydrogen-bond donors (Lipinski definition) is 0. The molecule has 0 radical (unpaired) electrons. The van der Waals surface area contributed by atoms with E-state index in [1.54, 1.807) is 15.9 Å². The third kappa shape index (κ3) is 4.81. The minimum atomic E-state index is -3.74. The van der Waals surface area contributed by atoms with Gasteiger partial charge in [-0.3, -0.25) is 9.59 Å². The minimum Gasteiger partial charge on any atom is -0.495 e. The number of carbonyl (C=O) groups excluding carboxylic acids is 2. The van der Waals surface area contributed by atoms with Crippen LogP contribution in [-0.2, 0) is 16.4 Å². The summed E-state index contributed by atoms with van der Waals surface area (Å²) in [5, 5.41) is 0. The van der Waals surface area contributed by atoms with Crippen molar-refractivity contribution in [2.75, 3.05) is 46.4 Å². The number of rotatable bonds is 6. The van der Waals surface area contributed by atoms with E-state index >= 15 is 0 Å². The Bertz CT molecular complexity index is 1150. The third-order valence-electron chi connectivity index (χ3n) is 6.56. The zero-order valence-corrected chi connectivity index (χ0v) is 20.5. The Balaban J connectivity index is 1.46. The second-order valence-corrected chi connectivity index (χ2v) is 10.5. The van der Waals surface area contributed by atoms with Crippen molar-refractivity contribution in [2.24, 2.45) is 0 Å². The molecule has 2 aromatic rings. The monoisotopic (exact) mass is 485 g/mol. The maximum atomic E-state index is 13.2. The molecule has 0 saturated carbocycles. The van der Waals surface area contributed by atoms with Crippen LogP contribution >= 0.6 is 0 Å². The van der Waals surface area contributed by atoms with Gasteiger partial charge in [0.25, 0.3) is 11.8 Å². The van der Waals surface area contributed by atoms with Gasteiger partial charge in [0, 0.05) is 50.4 Å². The van der Waals surface area contributed by atoms with Crippen molar-refractivity contribution >= 4 is 21.8 Å². The molecule has 182 valence electrons. The summed E-state index contributed by atoms with van der Waals surface area (Å²) < 4.78 is 33.0. The standard InChI is InChI=1S/C25H31N3O5S/c1-3-19-6-8-20(9-7-19)24(29)26-14-16-27(17-15-26)25(30)21-10-11-22(33-2)23(18-21)34(31,32)28-12-4-5-13-28/h6-11,18H,3-5,12-17H2,1-2H3. The Hall–Kier alpha value is -2.91. The number of hydrogen-bond acceptors (Lipinski definition) is 5. The van der Waals surface area contributed by atoms with E-state index in [2.05, 4.69) is 6.92 Å². The van der Waals surface area contributed by atoms with Gasteiger partial charge in [-0.2, -0.15) is 4.31 Å². The molecule has 2 fully saturated rings. The summed E-state index contributed by atoms with van der Waals surface area (Å²) in [6.45, 7) is 4.64. The van der Waals surface area contributed by atoms with Crippen molar-refractivity contribution < 1.29 is 22.7 Å². The molecule has 0 N–H and O–H groups in total. The molecular weight excluding hydrogens is 454 g/mol. The average molecular weight is 486 g/mol. The molecule has 8 nitrogen and oxygen atoms in total. The van der Waals surface area contributed by atoms with Crippen LogP contribution in [0.1, 0.15) is 46.0 Å². The van der Waals surface area contributed by atoms with Gasteiger partial charge in [-0.25, -0.2) is 8.42 Å². The summed E-state index contributed by atoms with van der Waals surface area (Å²) in [5.41, 5.74) is 2.12. The van der Waals surface area contributed by atoms with Crippen molar-refractivity contribution in [1.82, 2.24) is 14.1 Å². The Morgan fingerprint density at radius 2 is 1.35 bits per heavy atom. The van der Waals surface area contributed by atoms with Gasteiger partial charge < -0.3 is 14.5 Å². The fraction of sp³-hybridized carbons (Fsp3) is 0.440. The van der Waals surface area contributed by atoms with Gasteiger partial charge in [-0.15, -0.1) is 0 Å². The molecule has 0 aliphatic carbocycles. The smallest absolute Gasteiger partial charge is 0.254 e. The normalized spacial score (nSPS) is 17.1. The van der Waals surface area contributed by atoms with E-state index in [0.29, 0.717) is 50.4 Å². The molecular formula is C25H31N3O5S. The lowest BCUT2D eigenvalue weighted by molar-refractivity contribution is 0.0535. The summed E-state index contributed by atoms with van der Waals surface area (Å²) in [4.78, 5) is 29.5. The van der Waals surface area contributed by atoms with Crippen LogP contribution in [-0.4, -0.2) is 80.7 Å². The Kier molecular flexibility index (Phi) is 7.23. The van der Waals surface area contributed by atoms with Crippen LogP contribution in [0.5, 0.6) is 5.75 Å². The second-order valence-electron chi connectivity index (χ2n) is 8.61. The predicted molar refractivity (Wildman–Crippen MR) is 129 cm³/mol. The summed E-state index contributed by atoms with van der Waals surface area (Å²) in [7, 11) is -2.32. The van der Waals surface area contributed by atoms with Gasteiger partial charge in [0.15, 0.2) is 0 Å². The molecule has 9 heteroatoms. The molecule has 2 saturated heterocycles. The molecule has 0 aromatic heterocycles. The number of amides is 2. The second kappa shape index (κ2) is 10.1. The van der Waals surface area contributed by atoms with Crippen LogP contribution in [0.4, 0.5) is 0 Å². The summed E-state index contributed by atoms with van der Waals surface area (Å²) in [6, 6.07) is 12.2. The number of carbonyl (C=O) groups is 2. The van der Waals surface area contributed by atoms with E-state index in [1.807, 2.05) is 24.3 Å². The lowest BCUT2D eigenvalue weighted by Gasteiger charge is -2.35. The number of sulfonamides is 1. The molecule has 0 unspecified atom stereocenters. The SMILES string of the molecule is CCc1ccc(C(=O)N2CCN(C(=O)c3ccc(OC)c(S(=O)(=O)N4CCCC4)c3)CC2)cc1. The predicted octanol–water partition coefficient (Wildman–Crippen LogP) is 2.64. The zero-order valence-electron chi connectivity index (χ0n) is 19.7. The van der Waals surface area contributed by atoms with Crippen molar-refractivity contribution in [3.05, 3.63) is 59.2 Å². The van der Waals surface area contributed by atoms with E-state index in [0.717, 1.165) is 19.3 Å². The Labute approximate surface area is 201 Å². The highest BCUT2D eigenvalue weighted by atomic mass is 32.2. The molecule has 0 spiro atoms. The van der Waals surface area contributed by atoms with E-state index in [-0.39, 0.29) is 22.5 Å². The van der Waals surface area contributed by atoms with Gasteiger partial charge in [0.1, 0.15) is 10.6 Å². The Morgan fingerprint density at radius 3 is 1.88 bits per heavy atom. The van der Waals surface area contributed by atoms with Crippen LogP contribution in [0, 0.1) is 0 Å². The first-order valence-corrected chi connectivity index (χ1v) is 13.1. The van der Waals surface area contributed by atoms with E-state index < -0.39 is 10.0 Å². The van der Waals surface area contributed by atoms with Crippen molar-refractivity contribution in [2.45, 2.75) is 31.1 Å². The fourth-order valence-corrected chi connectivity index (χ4v) is 6.14. The highest BCUT2D eigenvalue weighted by Gasteiger charge is 2.32. The number of methoxy groups -OCH3 is 1. The fourth-order valence-electron chi connectivity index (χ4n) is 4.44. The van der Waals surface area contributed by atoms with Gasteiger partial charge >= 0.3 is 0 Å². The van der Waals surface area contributed by atoms with Crippen LogP contribution in [0.3, 0.4) is 0 Å². The number of nitrogens with zero attached hydrogens (tertiary/aromatic N) is 3. The first-order chi connectivity index (χ1) is 16.3. The highest BCUT2D eigenvalue weighted by molar-refractivity contribution is 7.89. The summed E-state index contributed by atoms with van der Waals surface area (Å²) >= 11 is 0. The molecule has 2 aromatic carbocycles. The first-order valence-electron chi connectivity index (χ1n) is 11.7. The molecule has 2 aliphatic heterocycles. The number of ether oxygens (including phenoxy) is 1. The van der Waals surface area contributed by atoms with Gasteiger partial charge in [-0.05, 0) is 55.2 Å². The zero-order chi connectivity index (χ0) is 24.3. The van der Waals surface area contributed by atoms with Crippen LogP contribution in [0.2, 0.25) is 0 Å². The lowest BCUT2D eigenvalue weighted by atomic mass is 10.1. The van der Waals surface area contributed by atoms with Crippen molar-refractivity contribution in [3.8, 4) is 5.75 Å². The maximum absolute atomic E-state index is 13.2. The van der Waals surface area contributed by atoms with E-state index in [9.17, 15) is 18.0 Å². The molecule has 2 aliphatic rings. The number of benzene rings is 2. The topological polar surface area (TPSA) is 87.2 Å². The molecule has 2 heterocycles. The van der Waals surface area contributed by atoms with Crippen LogP contribution < -0.4 is 4.74 Å². The van der Waals surface area contributed by atoms with Gasteiger partial charge in [-0.1, -0.05) is 19.1 Å².